The molecule has 136 valence electrons. The number of methoxy groups -OCH3 is 2. The van der Waals surface area contributed by atoms with E-state index in [2.05, 4.69) is 4.74 Å². The van der Waals surface area contributed by atoms with Gasteiger partial charge in [0.1, 0.15) is 0 Å². The van der Waals surface area contributed by atoms with Gasteiger partial charge in [-0.25, -0.2) is 0 Å². The molecule has 0 saturated heterocycles. The lowest BCUT2D eigenvalue weighted by molar-refractivity contribution is -0.152. The van der Waals surface area contributed by atoms with Gasteiger partial charge in [-0.05, 0) is 12.8 Å². The summed E-state index contributed by atoms with van der Waals surface area (Å²) in [7, 11) is 2.69. The van der Waals surface area contributed by atoms with E-state index in [4.69, 9.17) is 9.84 Å². The third-order valence-electron chi connectivity index (χ3n) is 4.14. The Balaban J connectivity index is 3.58. The van der Waals surface area contributed by atoms with E-state index in [1.54, 1.807) is 0 Å². The van der Waals surface area contributed by atoms with Gasteiger partial charge >= 0.3 is 11.9 Å². The number of rotatable bonds is 15. The van der Waals surface area contributed by atoms with Gasteiger partial charge in [0, 0.05) is 6.61 Å². The Kier molecular flexibility index (Phi) is 15.0. The van der Waals surface area contributed by atoms with Crippen LogP contribution in [0.2, 0.25) is 0 Å². The number of carbonyl (C=O) groups excluding carboxylic acids is 2. The predicted octanol–water partition coefficient (Wildman–Crippen LogP) is 3.62. The Bertz CT molecular complexity index is 304. The number of esters is 2. The van der Waals surface area contributed by atoms with Crippen molar-refractivity contribution >= 4 is 11.9 Å². The van der Waals surface area contributed by atoms with Crippen LogP contribution in [-0.4, -0.2) is 37.9 Å². The van der Waals surface area contributed by atoms with Crippen molar-refractivity contribution in [2.75, 3.05) is 20.8 Å². The van der Waals surface area contributed by atoms with Gasteiger partial charge in [0.15, 0.2) is 0 Å². The molecule has 0 rings (SSSR count). The van der Waals surface area contributed by atoms with Crippen LogP contribution in [0.4, 0.5) is 0 Å². The van der Waals surface area contributed by atoms with Crippen molar-refractivity contribution < 1.29 is 24.2 Å². The molecule has 0 aliphatic rings. The first-order valence-electron chi connectivity index (χ1n) is 8.91. The highest BCUT2D eigenvalue weighted by Crippen LogP contribution is 2.18. The molecule has 0 radical (unpaired) electrons. The summed E-state index contributed by atoms with van der Waals surface area (Å²) < 4.78 is 9.37. The topological polar surface area (TPSA) is 72.8 Å². The Hall–Kier alpha value is -1.10. The molecule has 23 heavy (non-hydrogen) atoms. The van der Waals surface area contributed by atoms with Crippen LogP contribution in [0.1, 0.15) is 77.0 Å². The van der Waals surface area contributed by atoms with Gasteiger partial charge in [0.05, 0.1) is 26.6 Å². The molecule has 0 bridgehead atoms. The van der Waals surface area contributed by atoms with Gasteiger partial charge in [0.2, 0.25) is 0 Å². The molecule has 1 atom stereocenters. The van der Waals surface area contributed by atoms with Crippen molar-refractivity contribution in [2.45, 2.75) is 77.0 Å². The highest BCUT2D eigenvalue weighted by Gasteiger charge is 2.22. The van der Waals surface area contributed by atoms with E-state index in [1.165, 1.54) is 52.7 Å². The summed E-state index contributed by atoms with van der Waals surface area (Å²) in [6, 6.07) is 0. The number of aliphatic hydroxyl groups excluding tert-OH is 1. The lowest BCUT2D eigenvalue weighted by atomic mass is 9.97. The van der Waals surface area contributed by atoms with Crippen molar-refractivity contribution in [3.05, 3.63) is 0 Å². The minimum Gasteiger partial charge on any atom is -0.469 e. The quantitative estimate of drug-likeness (QED) is 0.367. The van der Waals surface area contributed by atoms with Crippen molar-refractivity contribution in [3.63, 3.8) is 0 Å². The molecule has 0 aliphatic heterocycles. The predicted molar refractivity (Wildman–Crippen MR) is 90.0 cm³/mol. The van der Waals surface area contributed by atoms with E-state index in [0.717, 1.165) is 25.7 Å². The molecule has 0 aromatic heterocycles. The van der Waals surface area contributed by atoms with Gasteiger partial charge < -0.3 is 14.6 Å². The summed E-state index contributed by atoms with van der Waals surface area (Å²) in [6.45, 7) is 0.308. The average Bonchev–Trinajstić information content (AvgIpc) is 2.57. The zero-order valence-electron chi connectivity index (χ0n) is 14.8. The van der Waals surface area contributed by atoms with Crippen molar-refractivity contribution in [3.8, 4) is 0 Å². The van der Waals surface area contributed by atoms with Crippen molar-refractivity contribution in [2.24, 2.45) is 5.92 Å². The number of unbranched alkanes of at least 4 members (excludes halogenated alkanes) is 9. The van der Waals surface area contributed by atoms with Crippen LogP contribution in [0.15, 0.2) is 0 Å². The summed E-state index contributed by atoms with van der Waals surface area (Å²) in [6.07, 6.45) is 12.2. The van der Waals surface area contributed by atoms with Crippen LogP contribution in [0, 0.1) is 5.92 Å². The lowest BCUT2D eigenvalue weighted by Crippen LogP contribution is -2.20. The number of aliphatic hydroxyl groups is 1. The molecule has 0 fully saturated rings. The molecule has 5 heteroatoms. The standard InChI is InChI=1S/C18H34O5/c1-22-17(20)15-16(18(21)23-2)13-11-9-7-5-3-4-6-8-10-12-14-19/h16,19H,3-15H2,1-2H3. The molecule has 0 saturated carbocycles. The Labute approximate surface area is 140 Å². The average molecular weight is 330 g/mol. The second-order valence-corrected chi connectivity index (χ2v) is 6.05. The van der Waals surface area contributed by atoms with E-state index in [1.807, 2.05) is 0 Å². The molecule has 0 heterocycles. The maximum absolute atomic E-state index is 11.6. The second kappa shape index (κ2) is 15.8. The molecule has 0 amide bonds. The fourth-order valence-corrected chi connectivity index (χ4v) is 2.67. The fourth-order valence-electron chi connectivity index (χ4n) is 2.67. The number of hydrogen-bond donors (Lipinski definition) is 1. The van der Waals surface area contributed by atoms with E-state index < -0.39 is 0 Å². The molecule has 1 N–H and O–H groups in total. The fraction of sp³-hybridized carbons (Fsp3) is 0.889. The summed E-state index contributed by atoms with van der Waals surface area (Å²) in [5.41, 5.74) is 0. The van der Waals surface area contributed by atoms with Crippen LogP contribution < -0.4 is 0 Å². The molecular formula is C18H34O5. The second-order valence-electron chi connectivity index (χ2n) is 6.05. The Morgan fingerprint density at radius 3 is 1.70 bits per heavy atom. The largest absolute Gasteiger partial charge is 0.469 e. The van der Waals surface area contributed by atoms with Crippen LogP contribution >= 0.6 is 0 Å². The van der Waals surface area contributed by atoms with E-state index in [-0.39, 0.29) is 24.3 Å². The van der Waals surface area contributed by atoms with Crippen molar-refractivity contribution in [1.82, 2.24) is 0 Å². The van der Waals surface area contributed by atoms with Crippen LogP contribution in [0.3, 0.4) is 0 Å². The minimum atomic E-state index is -0.376. The molecule has 0 spiro atoms. The zero-order valence-corrected chi connectivity index (χ0v) is 14.8. The number of ether oxygens (including phenoxy) is 2. The first kappa shape index (κ1) is 21.9. The summed E-state index contributed by atoms with van der Waals surface area (Å²) in [5.74, 6) is -1.06. The van der Waals surface area contributed by atoms with Crippen LogP contribution in [-0.2, 0) is 19.1 Å². The minimum absolute atomic E-state index is 0.108. The smallest absolute Gasteiger partial charge is 0.309 e. The molecule has 0 aliphatic carbocycles. The summed E-state index contributed by atoms with van der Waals surface area (Å²) in [4.78, 5) is 22.9. The molecule has 5 nitrogen and oxygen atoms in total. The summed E-state index contributed by atoms with van der Waals surface area (Å²) in [5, 5.41) is 8.69. The third-order valence-corrected chi connectivity index (χ3v) is 4.14. The lowest BCUT2D eigenvalue weighted by Gasteiger charge is -2.13. The van der Waals surface area contributed by atoms with Gasteiger partial charge in [0.25, 0.3) is 0 Å². The molecule has 0 aromatic carbocycles. The summed E-state index contributed by atoms with van der Waals surface area (Å²) >= 11 is 0. The van der Waals surface area contributed by atoms with E-state index in [9.17, 15) is 9.59 Å². The maximum atomic E-state index is 11.6. The third kappa shape index (κ3) is 13.1. The highest BCUT2D eigenvalue weighted by atomic mass is 16.5. The molecular weight excluding hydrogens is 296 g/mol. The first-order valence-corrected chi connectivity index (χ1v) is 8.91. The number of carbonyl (C=O) groups is 2. The van der Waals surface area contributed by atoms with Gasteiger partial charge in [-0.1, -0.05) is 57.8 Å². The van der Waals surface area contributed by atoms with Gasteiger partial charge in [-0.3, -0.25) is 9.59 Å². The highest BCUT2D eigenvalue weighted by molar-refractivity contribution is 5.79. The Morgan fingerprint density at radius 2 is 1.26 bits per heavy atom. The van der Waals surface area contributed by atoms with Crippen molar-refractivity contribution in [1.29, 1.82) is 0 Å². The maximum Gasteiger partial charge on any atom is 0.309 e. The van der Waals surface area contributed by atoms with E-state index >= 15 is 0 Å². The SMILES string of the molecule is COC(=O)CC(CCCCCCCCCCCCO)C(=O)OC. The first-order chi connectivity index (χ1) is 11.2. The van der Waals surface area contributed by atoms with Crippen LogP contribution in [0.5, 0.6) is 0 Å². The Morgan fingerprint density at radius 1 is 0.783 bits per heavy atom. The van der Waals surface area contributed by atoms with Crippen LogP contribution in [0.25, 0.3) is 0 Å². The number of hydrogen-bond acceptors (Lipinski definition) is 5. The van der Waals surface area contributed by atoms with E-state index in [0.29, 0.717) is 13.0 Å². The normalized spacial score (nSPS) is 12.0. The molecule has 1 unspecified atom stereocenters. The van der Waals surface area contributed by atoms with Gasteiger partial charge in [-0.2, -0.15) is 0 Å². The van der Waals surface area contributed by atoms with Gasteiger partial charge in [-0.15, -0.1) is 0 Å². The monoisotopic (exact) mass is 330 g/mol. The zero-order chi connectivity index (χ0) is 17.3. The molecule has 0 aromatic rings.